The minimum absolute atomic E-state index is 0.0424. The van der Waals surface area contributed by atoms with Crippen LogP contribution in [0.5, 0.6) is 5.75 Å². The van der Waals surface area contributed by atoms with Crippen molar-refractivity contribution in [3.8, 4) is 16.3 Å². The summed E-state index contributed by atoms with van der Waals surface area (Å²) < 4.78 is 12.2. The number of halogens is 1. The van der Waals surface area contributed by atoms with E-state index in [1.165, 1.54) is 30.6 Å². The third-order valence-corrected chi connectivity index (χ3v) is 4.66. The zero-order chi connectivity index (χ0) is 18.0. The Hall–Kier alpha value is -2.58. The summed E-state index contributed by atoms with van der Waals surface area (Å²) in [5.41, 5.74) is 7.82. The molecule has 0 radical (unpaired) electrons. The standard InChI is InChI=1S/C16H15ClN4O3S/c1-21-6-9(5-19-21)15-20-10(8-25-15)7-24-16(22)11-3-12(17)13(18)4-14(11)23-2/h3-6,8H,7,18H2,1-2H3. The fourth-order valence-corrected chi connectivity index (χ4v) is 3.10. The Morgan fingerprint density at radius 1 is 1.44 bits per heavy atom. The average molecular weight is 379 g/mol. The number of hydrogen-bond donors (Lipinski definition) is 1. The van der Waals surface area contributed by atoms with Crippen LogP contribution in [0.15, 0.2) is 29.9 Å². The fourth-order valence-electron chi connectivity index (χ4n) is 2.15. The molecule has 2 aromatic heterocycles. The summed E-state index contributed by atoms with van der Waals surface area (Å²) >= 11 is 7.43. The first-order valence-electron chi connectivity index (χ1n) is 7.21. The zero-order valence-corrected chi connectivity index (χ0v) is 15.1. The minimum Gasteiger partial charge on any atom is -0.496 e. The van der Waals surface area contributed by atoms with E-state index in [1.54, 1.807) is 10.9 Å². The van der Waals surface area contributed by atoms with E-state index in [9.17, 15) is 4.79 Å². The number of rotatable bonds is 5. The average Bonchev–Trinajstić information content (AvgIpc) is 3.23. The van der Waals surface area contributed by atoms with Crippen LogP contribution in [0.1, 0.15) is 16.1 Å². The lowest BCUT2D eigenvalue weighted by molar-refractivity contribution is 0.0465. The lowest BCUT2D eigenvalue weighted by Crippen LogP contribution is -2.08. The highest BCUT2D eigenvalue weighted by atomic mass is 35.5. The molecule has 0 unspecified atom stereocenters. The van der Waals surface area contributed by atoms with Crippen molar-refractivity contribution in [1.29, 1.82) is 0 Å². The van der Waals surface area contributed by atoms with E-state index in [0.717, 1.165) is 10.6 Å². The van der Waals surface area contributed by atoms with Crippen LogP contribution in [-0.4, -0.2) is 27.8 Å². The maximum atomic E-state index is 12.3. The number of benzene rings is 1. The summed E-state index contributed by atoms with van der Waals surface area (Å²) in [7, 11) is 3.28. The van der Waals surface area contributed by atoms with Crippen LogP contribution in [-0.2, 0) is 18.4 Å². The molecule has 3 aromatic rings. The van der Waals surface area contributed by atoms with Crippen molar-refractivity contribution in [3.05, 3.63) is 46.2 Å². The summed E-state index contributed by atoms with van der Waals surface area (Å²) in [4.78, 5) is 16.7. The van der Waals surface area contributed by atoms with Crippen molar-refractivity contribution in [3.63, 3.8) is 0 Å². The van der Waals surface area contributed by atoms with Gasteiger partial charge in [-0.15, -0.1) is 11.3 Å². The van der Waals surface area contributed by atoms with E-state index in [2.05, 4.69) is 10.1 Å². The third-order valence-electron chi connectivity index (χ3n) is 3.39. The van der Waals surface area contributed by atoms with Crippen LogP contribution in [0.3, 0.4) is 0 Å². The number of nitrogen functional groups attached to an aromatic ring is 1. The maximum absolute atomic E-state index is 12.3. The number of esters is 1. The van der Waals surface area contributed by atoms with Crippen molar-refractivity contribution < 1.29 is 14.3 Å². The van der Waals surface area contributed by atoms with Crippen LogP contribution in [0.4, 0.5) is 5.69 Å². The molecule has 0 aliphatic heterocycles. The Kier molecular flexibility index (Phi) is 4.91. The van der Waals surface area contributed by atoms with Gasteiger partial charge >= 0.3 is 5.97 Å². The molecule has 2 N–H and O–H groups in total. The number of aromatic nitrogens is 3. The molecule has 0 amide bonds. The SMILES string of the molecule is COc1cc(N)c(Cl)cc1C(=O)OCc1csc(-c2cnn(C)c2)n1. The highest BCUT2D eigenvalue weighted by molar-refractivity contribution is 7.13. The van der Waals surface area contributed by atoms with Gasteiger partial charge in [-0.3, -0.25) is 4.68 Å². The van der Waals surface area contributed by atoms with E-state index in [-0.39, 0.29) is 17.2 Å². The zero-order valence-electron chi connectivity index (χ0n) is 13.5. The normalized spacial score (nSPS) is 10.7. The van der Waals surface area contributed by atoms with E-state index >= 15 is 0 Å². The number of nitrogens with two attached hydrogens (primary N) is 1. The molecule has 0 fully saturated rings. The number of thiazole rings is 1. The van der Waals surface area contributed by atoms with E-state index < -0.39 is 5.97 Å². The van der Waals surface area contributed by atoms with Crippen LogP contribution < -0.4 is 10.5 Å². The van der Waals surface area contributed by atoms with E-state index in [4.69, 9.17) is 26.8 Å². The van der Waals surface area contributed by atoms with E-state index in [0.29, 0.717) is 17.1 Å². The summed E-state index contributed by atoms with van der Waals surface area (Å²) in [6.45, 7) is 0.0424. The second-order valence-electron chi connectivity index (χ2n) is 5.20. The smallest absolute Gasteiger partial charge is 0.342 e. The molecule has 2 heterocycles. The predicted molar refractivity (Wildman–Crippen MR) is 95.9 cm³/mol. The van der Waals surface area contributed by atoms with Crippen molar-refractivity contribution in [2.24, 2.45) is 7.05 Å². The van der Waals surface area contributed by atoms with Gasteiger partial charge in [0.25, 0.3) is 0 Å². The lowest BCUT2D eigenvalue weighted by atomic mass is 10.2. The Labute approximate surface area is 153 Å². The van der Waals surface area contributed by atoms with Gasteiger partial charge in [0.1, 0.15) is 22.9 Å². The number of nitrogens with zero attached hydrogens (tertiary/aromatic N) is 3. The predicted octanol–water partition coefficient (Wildman–Crippen LogP) is 3.14. The monoisotopic (exact) mass is 378 g/mol. The molecular weight excluding hydrogens is 364 g/mol. The van der Waals surface area contributed by atoms with Gasteiger partial charge in [-0.25, -0.2) is 9.78 Å². The molecule has 0 aliphatic rings. The maximum Gasteiger partial charge on any atom is 0.342 e. The van der Waals surface area contributed by atoms with Crippen molar-refractivity contribution in [1.82, 2.24) is 14.8 Å². The molecule has 0 spiro atoms. The highest BCUT2D eigenvalue weighted by Gasteiger charge is 2.17. The number of aryl methyl sites for hydroxylation is 1. The molecule has 0 saturated heterocycles. The van der Waals surface area contributed by atoms with Gasteiger partial charge in [-0.2, -0.15) is 5.10 Å². The Morgan fingerprint density at radius 3 is 2.92 bits per heavy atom. The number of ether oxygens (including phenoxy) is 2. The lowest BCUT2D eigenvalue weighted by Gasteiger charge is -2.10. The van der Waals surface area contributed by atoms with Gasteiger partial charge in [0.2, 0.25) is 0 Å². The molecule has 0 atom stereocenters. The first-order valence-corrected chi connectivity index (χ1v) is 8.47. The molecule has 7 nitrogen and oxygen atoms in total. The highest BCUT2D eigenvalue weighted by Crippen LogP contribution is 2.30. The largest absolute Gasteiger partial charge is 0.496 e. The summed E-state index contributed by atoms with van der Waals surface area (Å²) in [5, 5.41) is 7.02. The van der Waals surface area contributed by atoms with Gasteiger partial charge in [-0.05, 0) is 6.07 Å². The molecule has 3 rings (SSSR count). The quantitative estimate of drug-likeness (QED) is 0.541. The van der Waals surface area contributed by atoms with Gasteiger partial charge < -0.3 is 15.2 Å². The Bertz CT molecular complexity index is 922. The molecule has 130 valence electrons. The van der Waals surface area contributed by atoms with Crippen LogP contribution in [0, 0.1) is 0 Å². The molecule has 1 aromatic carbocycles. The van der Waals surface area contributed by atoms with Crippen molar-refractivity contribution in [2.75, 3.05) is 12.8 Å². The molecule has 0 bridgehead atoms. The molecule has 9 heteroatoms. The Balaban J connectivity index is 1.71. The summed E-state index contributed by atoms with van der Waals surface area (Å²) in [6, 6.07) is 2.92. The number of methoxy groups -OCH3 is 1. The number of hydrogen-bond acceptors (Lipinski definition) is 7. The van der Waals surface area contributed by atoms with Gasteiger partial charge in [0, 0.05) is 30.3 Å². The molecular formula is C16H15ClN4O3S. The second kappa shape index (κ2) is 7.12. The first-order chi connectivity index (χ1) is 12.0. The summed E-state index contributed by atoms with van der Waals surface area (Å²) in [5.74, 6) is -0.254. The van der Waals surface area contributed by atoms with Crippen LogP contribution >= 0.6 is 22.9 Å². The van der Waals surface area contributed by atoms with Gasteiger partial charge in [0.15, 0.2) is 0 Å². The Morgan fingerprint density at radius 2 is 2.24 bits per heavy atom. The van der Waals surface area contributed by atoms with Crippen molar-refractivity contribution >= 4 is 34.6 Å². The van der Waals surface area contributed by atoms with Gasteiger partial charge in [-0.1, -0.05) is 11.6 Å². The minimum atomic E-state index is -0.560. The first kappa shape index (κ1) is 17.2. The number of carbonyl (C=O) groups is 1. The fraction of sp³-hybridized carbons (Fsp3) is 0.188. The third kappa shape index (κ3) is 3.75. The number of anilines is 1. The topological polar surface area (TPSA) is 92.3 Å². The van der Waals surface area contributed by atoms with E-state index in [1.807, 2.05) is 18.6 Å². The van der Waals surface area contributed by atoms with Crippen LogP contribution in [0.2, 0.25) is 5.02 Å². The molecule has 0 saturated carbocycles. The van der Waals surface area contributed by atoms with Crippen LogP contribution in [0.25, 0.3) is 10.6 Å². The molecule has 0 aliphatic carbocycles. The second-order valence-corrected chi connectivity index (χ2v) is 6.46. The van der Waals surface area contributed by atoms with Crippen molar-refractivity contribution in [2.45, 2.75) is 6.61 Å². The number of carbonyl (C=O) groups excluding carboxylic acids is 1. The van der Waals surface area contributed by atoms with Gasteiger partial charge in [0.05, 0.1) is 29.7 Å². The summed E-state index contributed by atoms with van der Waals surface area (Å²) in [6.07, 6.45) is 3.60. The molecule has 25 heavy (non-hydrogen) atoms.